The van der Waals surface area contributed by atoms with Gasteiger partial charge in [0.1, 0.15) is 11.5 Å². The molecule has 2 aromatic carbocycles. The smallest absolute Gasteiger partial charge is 0.255 e. The summed E-state index contributed by atoms with van der Waals surface area (Å²) in [6, 6.07) is 12.2. The molecule has 28 heavy (non-hydrogen) atoms. The number of ether oxygens (including phenoxy) is 2. The molecule has 150 valence electrons. The third-order valence-corrected chi connectivity index (χ3v) is 4.34. The van der Waals surface area contributed by atoms with Gasteiger partial charge < -0.3 is 20.1 Å². The molecule has 6 nitrogen and oxygen atoms in total. The number of carbonyl (C=O) groups excluding carboxylic acids is 2. The van der Waals surface area contributed by atoms with Crippen LogP contribution in [0, 0.1) is 0 Å². The number of amides is 2. The molecular weight excluding hydrogens is 356 g/mol. The SMILES string of the molecule is CCCCCCC(=O)Nc1cc(OC)c(NC(=O)c2ccccc2)cc1OC. The van der Waals surface area contributed by atoms with Crippen LogP contribution < -0.4 is 20.1 Å². The monoisotopic (exact) mass is 384 g/mol. The van der Waals surface area contributed by atoms with Gasteiger partial charge in [0.05, 0.1) is 25.6 Å². The zero-order chi connectivity index (χ0) is 20.4. The summed E-state index contributed by atoms with van der Waals surface area (Å²) in [7, 11) is 3.03. The van der Waals surface area contributed by atoms with E-state index in [1.54, 1.807) is 36.4 Å². The van der Waals surface area contributed by atoms with E-state index in [0.717, 1.165) is 25.7 Å². The maximum atomic E-state index is 12.4. The fourth-order valence-corrected chi connectivity index (χ4v) is 2.80. The van der Waals surface area contributed by atoms with Crippen molar-refractivity contribution >= 4 is 23.2 Å². The molecule has 0 aliphatic carbocycles. The third kappa shape index (κ3) is 6.01. The summed E-state index contributed by atoms with van der Waals surface area (Å²) >= 11 is 0. The lowest BCUT2D eigenvalue weighted by molar-refractivity contribution is -0.116. The van der Waals surface area contributed by atoms with Crippen molar-refractivity contribution in [2.75, 3.05) is 24.9 Å². The van der Waals surface area contributed by atoms with Gasteiger partial charge in [0, 0.05) is 24.1 Å². The molecule has 2 amide bonds. The normalized spacial score (nSPS) is 10.2. The van der Waals surface area contributed by atoms with Gasteiger partial charge in [-0.05, 0) is 18.6 Å². The molecule has 0 saturated carbocycles. The number of methoxy groups -OCH3 is 2. The van der Waals surface area contributed by atoms with Crippen molar-refractivity contribution in [1.29, 1.82) is 0 Å². The van der Waals surface area contributed by atoms with Crippen LogP contribution in [-0.4, -0.2) is 26.0 Å². The lowest BCUT2D eigenvalue weighted by Crippen LogP contribution is -2.14. The quantitative estimate of drug-likeness (QED) is 0.573. The number of rotatable bonds is 10. The maximum Gasteiger partial charge on any atom is 0.255 e. The van der Waals surface area contributed by atoms with Crippen LogP contribution in [0.5, 0.6) is 11.5 Å². The molecule has 0 fully saturated rings. The molecule has 2 rings (SSSR count). The van der Waals surface area contributed by atoms with Crippen LogP contribution in [0.25, 0.3) is 0 Å². The summed E-state index contributed by atoms with van der Waals surface area (Å²) < 4.78 is 10.8. The standard InChI is InChI=1S/C22H28N2O4/c1-4-5-6-10-13-21(25)23-17-14-20(28-3)18(15-19(17)27-2)24-22(26)16-11-8-7-9-12-16/h7-9,11-12,14-15H,4-6,10,13H2,1-3H3,(H,23,25)(H,24,26). The van der Waals surface area contributed by atoms with Crippen molar-refractivity contribution in [3.63, 3.8) is 0 Å². The molecular formula is C22H28N2O4. The van der Waals surface area contributed by atoms with Crippen LogP contribution in [0.2, 0.25) is 0 Å². The molecule has 2 N–H and O–H groups in total. The molecule has 0 spiro atoms. The number of hydrogen-bond donors (Lipinski definition) is 2. The molecule has 0 bridgehead atoms. The van der Waals surface area contributed by atoms with E-state index in [2.05, 4.69) is 17.6 Å². The number of nitrogens with one attached hydrogen (secondary N) is 2. The van der Waals surface area contributed by atoms with Crippen LogP contribution in [-0.2, 0) is 4.79 Å². The summed E-state index contributed by atoms with van der Waals surface area (Å²) in [4.78, 5) is 24.7. The first kappa shape index (κ1) is 21.3. The largest absolute Gasteiger partial charge is 0.494 e. The molecule has 0 heterocycles. The number of benzene rings is 2. The first-order chi connectivity index (χ1) is 13.6. The highest BCUT2D eigenvalue weighted by atomic mass is 16.5. The predicted molar refractivity (Wildman–Crippen MR) is 111 cm³/mol. The molecule has 0 unspecified atom stereocenters. The Morgan fingerprint density at radius 2 is 1.46 bits per heavy atom. The van der Waals surface area contributed by atoms with Gasteiger partial charge in [-0.25, -0.2) is 0 Å². The van der Waals surface area contributed by atoms with Crippen LogP contribution in [0.3, 0.4) is 0 Å². The zero-order valence-electron chi connectivity index (χ0n) is 16.7. The van der Waals surface area contributed by atoms with Crippen molar-refractivity contribution in [3.8, 4) is 11.5 Å². The minimum absolute atomic E-state index is 0.0717. The minimum Gasteiger partial charge on any atom is -0.494 e. The van der Waals surface area contributed by atoms with Crippen LogP contribution in [0.15, 0.2) is 42.5 Å². The summed E-state index contributed by atoms with van der Waals surface area (Å²) in [5.41, 5.74) is 1.51. The van der Waals surface area contributed by atoms with Crippen molar-refractivity contribution in [2.24, 2.45) is 0 Å². The van der Waals surface area contributed by atoms with E-state index in [-0.39, 0.29) is 11.8 Å². The fourth-order valence-electron chi connectivity index (χ4n) is 2.80. The summed E-state index contributed by atoms with van der Waals surface area (Å²) in [6.45, 7) is 2.13. The van der Waals surface area contributed by atoms with E-state index < -0.39 is 0 Å². The number of hydrogen-bond acceptors (Lipinski definition) is 4. The number of unbranched alkanes of at least 4 members (excludes halogenated alkanes) is 3. The first-order valence-electron chi connectivity index (χ1n) is 9.51. The Labute approximate surface area is 166 Å². The Morgan fingerprint density at radius 1 is 0.857 bits per heavy atom. The highest BCUT2D eigenvalue weighted by Gasteiger charge is 2.16. The predicted octanol–water partition coefficient (Wildman–Crippen LogP) is 4.87. The van der Waals surface area contributed by atoms with Crippen molar-refractivity contribution in [2.45, 2.75) is 39.0 Å². The van der Waals surface area contributed by atoms with Gasteiger partial charge in [-0.2, -0.15) is 0 Å². The van der Waals surface area contributed by atoms with E-state index in [1.165, 1.54) is 14.2 Å². The molecule has 0 radical (unpaired) electrons. The van der Waals surface area contributed by atoms with Gasteiger partial charge >= 0.3 is 0 Å². The minimum atomic E-state index is -0.256. The second kappa shape index (κ2) is 11.0. The van der Waals surface area contributed by atoms with Gasteiger partial charge in [0.25, 0.3) is 5.91 Å². The third-order valence-electron chi connectivity index (χ3n) is 4.34. The summed E-state index contributed by atoms with van der Waals surface area (Å²) in [5, 5.41) is 5.69. The second-order valence-electron chi connectivity index (χ2n) is 6.43. The highest BCUT2D eigenvalue weighted by molar-refractivity contribution is 6.05. The average molecular weight is 384 g/mol. The second-order valence-corrected chi connectivity index (χ2v) is 6.43. The Morgan fingerprint density at radius 3 is 2.04 bits per heavy atom. The van der Waals surface area contributed by atoms with Crippen molar-refractivity contribution < 1.29 is 19.1 Å². The average Bonchev–Trinajstić information content (AvgIpc) is 2.72. The topological polar surface area (TPSA) is 76.7 Å². The molecule has 0 atom stereocenters. The number of anilines is 2. The fraction of sp³-hybridized carbons (Fsp3) is 0.364. The molecule has 6 heteroatoms. The molecule has 0 aliphatic heterocycles. The lowest BCUT2D eigenvalue weighted by Gasteiger charge is -2.16. The van der Waals surface area contributed by atoms with E-state index in [9.17, 15) is 9.59 Å². The molecule has 0 saturated heterocycles. The van der Waals surface area contributed by atoms with Gasteiger partial charge in [-0.3, -0.25) is 9.59 Å². The maximum absolute atomic E-state index is 12.4. The van der Waals surface area contributed by atoms with E-state index in [4.69, 9.17) is 9.47 Å². The number of carbonyl (C=O) groups is 2. The molecule has 0 aliphatic rings. The summed E-state index contributed by atoms with van der Waals surface area (Å²) in [6.07, 6.45) is 4.60. The van der Waals surface area contributed by atoms with Crippen LogP contribution >= 0.6 is 0 Å². The van der Waals surface area contributed by atoms with Gasteiger partial charge in [-0.15, -0.1) is 0 Å². The van der Waals surface area contributed by atoms with E-state index in [0.29, 0.717) is 34.9 Å². The molecule has 2 aromatic rings. The van der Waals surface area contributed by atoms with Gasteiger partial charge in [-0.1, -0.05) is 44.4 Å². The Balaban J connectivity index is 2.14. The Hall–Kier alpha value is -3.02. The molecule has 0 aromatic heterocycles. The van der Waals surface area contributed by atoms with E-state index >= 15 is 0 Å². The first-order valence-corrected chi connectivity index (χ1v) is 9.51. The zero-order valence-corrected chi connectivity index (χ0v) is 16.7. The van der Waals surface area contributed by atoms with Crippen LogP contribution in [0.1, 0.15) is 49.4 Å². The van der Waals surface area contributed by atoms with Gasteiger partial charge in [0.2, 0.25) is 5.91 Å². The van der Waals surface area contributed by atoms with Crippen molar-refractivity contribution in [1.82, 2.24) is 0 Å². The van der Waals surface area contributed by atoms with Gasteiger partial charge in [0.15, 0.2) is 0 Å². The Kier molecular flexibility index (Phi) is 8.34. The van der Waals surface area contributed by atoms with Crippen molar-refractivity contribution in [3.05, 3.63) is 48.0 Å². The Bertz CT molecular complexity index is 791. The van der Waals surface area contributed by atoms with E-state index in [1.807, 2.05) is 6.07 Å². The van der Waals surface area contributed by atoms with Crippen LogP contribution in [0.4, 0.5) is 11.4 Å². The highest BCUT2D eigenvalue weighted by Crippen LogP contribution is 2.36. The summed E-state index contributed by atoms with van der Waals surface area (Å²) in [5.74, 6) is 0.559. The lowest BCUT2D eigenvalue weighted by atomic mass is 10.1.